The third kappa shape index (κ3) is 5.98. The van der Waals surface area contributed by atoms with Crippen molar-refractivity contribution in [3.05, 3.63) is 54.2 Å². The Labute approximate surface area is 197 Å². The van der Waals surface area contributed by atoms with Crippen molar-refractivity contribution in [3.8, 4) is 5.75 Å². The lowest BCUT2D eigenvalue weighted by Gasteiger charge is -2.37. The zero-order chi connectivity index (χ0) is 20.6. The Morgan fingerprint density at radius 2 is 1.83 bits per heavy atom. The van der Waals surface area contributed by atoms with Crippen LogP contribution in [0.5, 0.6) is 5.75 Å². The normalized spacial score (nSPS) is 15.6. The largest absolute Gasteiger partial charge is 0.496 e. The predicted molar refractivity (Wildman–Crippen MR) is 134 cm³/mol. The average molecular weight is 524 g/mol. The number of methoxy groups -OCH3 is 1. The van der Waals surface area contributed by atoms with Gasteiger partial charge in [-0.3, -0.25) is 4.99 Å². The van der Waals surface area contributed by atoms with Gasteiger partial charge in [0.15, 0.2) is 5.96 Å². The van der Waals surface area contributed by atoms with Crippen molar-refractivity contribution in [3.63, 3.8) is 0 Å². The maximum Gasteiger partial charge on any atom is 0.193 e. The molecule has 1 fully saturated rings. The number of aromatic nitrogens is 1. The number of nitrogens with zero attached hydrogens (tertiary/aromatic N) is 5. The van der Waals surface area contributed by atoms with Crippen molar-refractivity contribution in [1.29, 1.82) is 0 Å². The molecule has 0 spiro atoms. The Morgan fingerprint density at radius 1 is 1.13 bits per heavy atom. The van der Waals surface area contributed by atoms with Crippen molar-refractivity contribution in [2.75, 3.05) is 65.9 Å². The minimum absolute atomic E-state index is 0. The van der Waals surface area contributed by atoms with E-state index >= 15 is 0 Å². The molecular weight excluding hydrogens is 491 g/mol. The monoisotopic (exact) mass is 524 g/mol. The molecule has 1 aliphatic rings. The maximum absolute atomic E-state index is 5.57. The summed E-state index contributed by atoms with van der Waals surface area (Å²) in [5.74, 6) is 2.89. The average Bonchev–Trinajstić information content (AvgIpc) is 2.77. The van der Waals surface area contributed by atoms with E-state index in [2.05, 4.69) is 62.3 Å². The lowest BCUT2D eigenvalue weighted by molar-refractivity contribution is 0.283. The zero-order valence-corrected chi connectivity index (χ0v) is 20.6. The molecule has 1 aromatic carbocycles. The Hall–Kier alpha value is -2.07. The minimum atomic E-state index is 0. The number of nitrogens with one attached hydrogen (secondary N) is 1. The molecule has 0 aliphatic carbocycles. The highest BCUT2D eigenvalue weighted by Gasteiger charge is 2.23. The number of pyridine rings is 1. The summed E-state index contributed by atoms with van der Waals surface area (Å²) in [5, 5.41) is 3.57. The molecule has 1 unspecified atom stereocenters. The summed E-state index contributed by atoms with van der Waals surface area (Å²) in [5.41, 5.74) is 1.17. The van der Waals surface area contributed by atoms with Crippen molar-refractivity contribution in [2.45, 2.75) is 6.04 Å². The minimum Gasteiger partial charge on any atom is -0.496 e. The fourth-order valence-corrected chi connectivity index (χ4v) is 3.72. The number of anilines is 1. The van der Waals surface area contributed by atoms with Crippen molar-refractivity contribution in [1.82, 2.24) is 20.1 Å². The van der Waals surface area contributed by atoms with E-state index in [0.29, 0.717) is 0 Å². The van der Waals surface area contributed by atoms with Crippen molar-refractivity contribution >= 4 is 35.8 Å². The number of para-hydroxylation sites is 1. The summed E-state index contributed by atoms with van der Waals surface area (Å²) in [4.78, 5) is 15.8. The molecule has 164 valence electrons. The van der Waals surface area contributed by atoms with Gasteiger partial charge in [-0.25, -0.2) is 4.98 Å². The molecule has 2 aromatic rings. The fraction of sp³-hybridized carbons (Fsp3) is 0.455. The first kappa shape index (κ1) is 24.2. The number of benzene rings is 1. The van der Waals surface area contributed by atoms with E-state index < -0.39 is 0 Å². The number of rotatable bonds is 6. The first-order chi connectivity index (χ1) is 14.1. The number of aliphatic imine (C=N–C) groups is 1. The molecule has 1 N–H and O–H groups in total. The highest BCUT2D eigenvalue weighted by molar-refractivity contribution is 14.0. The summed E-state index contributed by atoms with van der Waals surface area (Å²) in [7, 11) is 7.75. The Balaban J connectivity index is 0.00000320. The molecule has 8 heteroatoms. The molecule has 0 radical (unpaired) electrons. The number of halogens is 1. The molecular formula is C22H33IN6O. The van der Waals surface area contributed by atoms with Gasteiger partial charge >= 0.3 is 0 Å². The fourth-order valence-electron chi connectivity index (χ4n) is 3.72. The molecule has 7 nitrogen and oxygen atoms in total. The SMILES string of the molecule is CN=C(NCC(c1ccccc1OC)N(C)C)N1CCN(c2ccccn2)CC1.I. The molecule has 1 aromatic heterocycles. The molecule has 0 amide bonds. The topological polar surface area (TPSA) is 56.2 Å². The lowest BCUT2D eigenvalue weighted by Crippen LogP contribution is -2.53. The molecule has 0 bridgehead atoms. The molecule has 1 aliphatic heterocycles. The molecule has 3 rings (SSSR count). The number of ether oxygens (including phenoxy) is 1. The van der Waals surface area contributed by atoms with Crippen LogP contribution in [-0.2, 0) is 0 Å². The first-order valence-electron chi connectivity index (χ1n) is 10.0. The van der Waals surface area contributed by atoms with E-state index in [-0.39, 0.29) is 30.0 Å². The van der Waals surface area contributed by atoms with Crippen LogP contribution in [0.2, 0.25) is 0 Å². The van der Waals surface area contributed by atoms with Crippen LogP contribution >= 0.6 is 24.0 Å². The second kappa shape index (κ2) is 11.9. The Morgan fingerprint density at radius 3 is 2.43 bits per heavy atom. The van der Waals surface area contributed by atoms with Gasteiger partial charge in [0.25, 0.3) is 0 Å². The zero-order valence-electron chi connectivity index (χ0n) is 18.3. The summed E-state index contributed by atoms with van der Waals surface area (Å²) in [6.45, 7) is 4.44. The number of guanidine groups is 1. The van der Waals surface area contributed by atoms with Crippen LogP contribution in [0.3, 0.4) is 0 Å². The number of hydrogen-bond donors (Lipinski definition) is 1. The van der Waals surface area contributed by atoms with Gasteiger partial charge in [-0.2, -0.15) is 0 Å². The third-order valence-corrected chi connectivity index (χ3v) is 5.34. The van der Waals surface area contributed by atoms with Crippen LogP contribution < -0.4 is 15.0 Å². The highest BCUT2D eigenvalue weighted by Crippen LogP contribution is 2.27. The standard InChI is InChI=1S/C22H32N6O.HI/c1-23-22(28-15-13-27(14-16-28)21-11-7-8-12-24-21)25-17-19(26(2)3)18-9-5-6-10-20(18)29-4;/h5-12,19H,13-17H2,1-4H3,(H,23,25);1H. The van der Waals surface area contributed by atoms with Gasteiger partial charge in [0, 0.05) is 51.5 Å². The first-order valence-corrected chi connectivity index (χ1v) is 10.0. The third-order valence-electron chi connectivity index (χ3n) is 5.34. The van der Waals surface area contributed by atoms with E-state index in [0.717, 1.165) is 50.3 Å². The van der Waals surface area contributed by atoms with Gasteiger partial charge in [0.2, 0.25) is 0 Å². The van der Waals surface area contributed by atoms with Crippen LogP contribution in [-0.4, -0.2) is 81.7 Å². The Kier molecular flexibility index (Phi) is 9.64. The van der Waals surface area contributed by atoms with E-state index in [4.69, 9.17) is 4.74 Å². The van der Waals surface area contributed by atoms with Crippen molar-refractivity contribution < 1.29 is 4.74 Å². The van der Waals surface area contributed by atoms with Gasteiger partial charge < -0.3 is 24.8 Å². The van der Waals surface area contributed by atoms with Gasteiger partial charge in [-0.05, 0) is 32.3 Å². The summed E-state index contributed by atoms with van der Waals surface area (Å²) < 4.78 is 5.57. The molecule has 30 heavy (non-hydrogen) atoms. The number of hydrogen-bond acceptors (Lipinski definition) is 5. The van der Waals surface area contributed by atoms with E-state index in [9.17, 15) is 0 Å². The van der Waals surface area contributed by atoms with Crippen LogP contribution in [0.25, 0.3) is 0 Å². The lowest BCUT2D eigenvalue weighted by atomic mass is 10.0. The summed E-state index contributed by atoms with van der Waals surface area (Å²) >= 11 is 0. The van der Waals surface area contributed by atoms with Gasteiger partial charge in [0.05, 0.1) is 13.2 Å². The second-order valence-electron chi connectivity index (χ2n) is 7.31. The number of likely N-dealkylation sites (N-methyl/N-ethyl adjacent to an activating group) is 1. The smallest absolute Gasteiger partial charge is 0.193 e. The Bertz CT molecular complexity index is 793. The second-order valence-corrected chi connectivity index (χ2v) is 7.31. The van der Waals surface area contributed by atoms with E-state index in [1.54, 1.807) is 7.11 Å². The van der Waals surface area contributed by atoms with E-state index in [1.165, 1.54) is 5.56 Å². The summed E-state index contributed by atoms with van der Waals surface area (Å²) in [6.07, 6.45) is 1.85. The van der Waals surface area contributed by atoms with Crippen molar-refractivity contribution in [2.24, 2.45) is 4.99 Å². The molecule has 1 saturated heterocycles. The molecule has 0 saturated carbocycles. The molecule has 2 heterocycles. The molecule has 1 atom stereocenters. The van der Waals surface area contributed by atoms with Gasteiger partial charge in [-0.15, -0.1) is 24.0 Å². The summed E-state index contributed by atoms with van der Waals surface area (Å²) in [6, 6.07) is 14.4. The van der Waals surface area contributed by atoms with E-state index in [1.807, 2.05) is 37.5 Å². The maximum atomic E-state index is 5.57. The quantitative estimate of drug-likeness (QED) is 0.357. The van der Waals surface area contributed by atoms with Crippen LogP contribution in [0.4, 0.5) is 5.82 Å². The van der Waals surface area contributed by atoms with Gasteiger partial charge in [0.1, 0.15) is 11.6 Å². The number of piperazine rings is 1. The van der Waals surface area contributed by atoms with Crippen LogP contribution in [0.1, 0.15) is 11.6 Å². The van der Waals surface area contributed by atoms with Crippen LogP contribution in [0.15, 0.2) is 53.7 Å². The van der Waals surface area contributed by atoms with Gasteiger partial charge in [-0.1, -0.05) is 24.3 Å². The predicted octanol–water partition coefficient (Wildman–Crippen LogP) is 2.71. The highest BCUT2D eigenvalue weighted by atomic mass is 127. The van der Waals surface area contributed by atoms with Crippen LogP contribution in [0, 0.1) is 0 Å².